The number of aromatic nitrogens is 1. The van der Waals surface area contributed by atoms with Crippen molar-refractivity contribution in [1.29, 1.82) is 0 Å². The van der Waals surface area contributed by atoms with Crippen LogP contribution in [0.25, 0.3) is 0 Å². The van der Waals surface area contributed by atoms with Crippen molar-refractivity contribution < 1.29 is 26.7 Å². The van der Waals surface area contributed by atoms with Gasteiger partial charge in [-0.1, -0.05) is 11.6 Å². The Kier molecular flexibility index (Phi) is 6.68. The number of halogens is 3. The molecule has 5 rings (SSSR count). The number of carbonyl (C=O) groups is 1. The van der Waals surface area contributed by atoms with Gasteiger partial charge in [-0.15, -0.1) is 0 Å². The lowest BCUT2D eigenvalue weighted by molar-refractivity contribution is 0.0465. The van der Waals surface area contributed by atoms with Gasteiger partial charge in [0.2, 0.25) is 0 Å². The van der Waals surface area contributed by atoms with Gasteiger partial charge < -0.3 is 10.1 Å². The highest BCUT2D eigenvalue weighted by Gasteiger charge is 2.53. The van der Waals surface area contributed by atoms with Crippen molar-refractivity contribution in [1.82, 2.24) is 10.3 Å². The van der Waals surface area contributed by atoms with Crippen molar-refractivity contribution in [2.45, 2.75) is 42.7 Å². The number of anilines is 1. The Hall–Kier alpha value is -3.08. The lowest BCUT2D eigenvalue weighted by Gasteiger charge is -2.39. The number of pyridine rings is 1. The summed E-state index contributed by atoms with van der Waals surface area (Å²) in [5.41, 5.74) is 1.34. The van der Waals surface area contributed by atoms with E-state index in [0.717, 1.165) is 30.0 Å². The topological polar surface area (TPSA) is 88.6 Å². The Morgan fingerprint density at radius 1 is 1.14 bits per heavy atom. The Morgan fingerprint density at radius 3 is 2.51 bits per heavy atom. The summed E-state index contributed by atoms with van der Waals surface area (Å²) < 4.78 is 61.2. The van der Waals surface area contributed by atoms with Gasteiger partial charge in [-0.25, -0.2) is 17.2 Å². The van der Waals surface area contributed by atoms with Crippen LogP contribution in [0.5, 0.6) is 0 Å². The molecule has 11 heteroatoms. The van der Waals surface area contributed by atoms with E-state index in [0.29, 0.717) is 43.0 Å². The van der Waals surface area contributed by atoms with Crippen molar-refractivity contribution >= 4 is 33.2 Å². The number of hydrogen-bond acceptors (Lipinski definition) is 5. The zero-order chi connectivity index (χ0) is 26.4. The molecule has 0 aliphatic carbocycles. The number of rotatable bonds is 5. The Balaban J connectivity index is 1.51. The first-order chi connectivity index (χ1) is 17.6. The van der Waals surface area contributed by atoms with Crippen LogP contribution in [0.15, 0.2) is 59.6 Å². The van der Waals surface area contributed by atoms with Gasteiger partial charge in [0.25, 0.3) is 15.9 Å². The van der Waals surface area contributed by atoms with Gasteiger partial charge >= 0.3 is 0 Å². The summed E-state index contributed by atoms with van der Waals surface area (Å²) in [6, 6.07) is 10.3. The normalized spacial score (nSPS) is 18.6. The van der Waals surface area contributed by atoms with Gasteiger partial charge in [0.05, 0.1) is 40.1 Å². The first-order valence-corrected chi connectivity index (χ1v) is 13.6. The number of carbonyl (C=O) groups excluding carboxylic acids is 1. The minimum Gasteiger partial charge on any atom is -0.381 e. The monoisotopic (exact) mass is 547 g/mol. The van der Waals surface area contributed by atoms with Gasteiger partial charge in [0.15, 0.2) is 0 Å². The zero-order valence-corrected chi connectivity index (χ0v) is 21.5. The molecule has 3 aromatic rings. The number of nitrogens with zero attached hydrogens (tertiary/aromatic N) is 2. The van der Waals surface area contributed by atoms with Crippen LogP contribution in [-0.2, 0) is 26.7 Å². The molecule has 3 heterocycles. The lowest BCUT2D eigenvalue weighted by Crippen LogP contribution is -2.48. The van der Waals surface area contributed by atoms with Crippen LogP contribution >= 0.6 is 11.6 Å². The molecule has 0 radical (unpaired) electrons. The van der Waals surface area contributed by atoms with Gasteiger partial charge in [-0.05, 0) is 73.9 Å². The third-order valence-electron chi connectivity index (χ3n) is 7.24. The Morgan fingerprint density at radius 2 is 1.84 bits per heavy atom. The second-order valence-corrected chi connectivity index (χ2v) is 11.4. The van der Waals surface area contributed by atoms with Crippen LogP contribution in [0, 0.1) is 11.6 Å². The molecule has 1 spiro atoms. The van der Waals surface area contributed by atoms with Crippen LogP contribution in [0.2, 0.25) is 5.02 Å². The highest BCUT2D eigenvalue weighted by Crippen LogP contribution is 2.52. The number of nitrogens with one attached hydrogen (secondary N) is 1. The molecule has 1 aromatic heterocycles. The third kappa shape index (κ3) is 4.47. The molecule has 2 aromatic carbocycles. The Labute approximate surface area is 218 Å². The quantitative estimate of drug-likeness (QED) is 0.505. The van der Waals surface area contributed by atoms with E-state index < -0.39 is 39.0 Å². The van der Waals surface area contributed by atoms with Crippen molar-refractivity contribution in [3.8, 4) is 0 Å². The largest absolute Gasteiger partial charge is 0.381 e. The van der Waals surface area contributed by atoms with Crippen LogP contribution in [0.3, 0.4) is 0 Å². The maximum Gasteiger partial charge on any atom is 0.264 e. The highest BCUT2D eigenvalue weighted by molar-refractivity contribution is 7.92. The summed E-state index contributed by atoms with van der Waals surface area (Å²) in [5.74, 6) is -1.50. The van der Waals surface area contributed by atoms with Crippen molar-refractivity contribution in [3.63, 3.8) is 0 Å². The summed E-state index contributed by atoms with van der Waals surface area (Å²) >= 11 is 6.02. The zero-order valence-electron chi connectivity index (χ0n) is 19.9. The number of sulfonamides is 1. The summed E-state index contributed by atoms with van der Waals surface area (Å²) in [4.78, 5) is 16.9. The molecule has 0 bridgehead atoms. The molecule has 7 nitrogen and oxygen atoms in total. The summed E-state index contributed by atoms with van der Waals surface area (Å²) in [6.45, 7) is 2.77. The van der Waals surface area contributed by atoms with E-state index in [1.165, 1.54) is 16.4 Å². The van der Waals surface area contributed by atoms with Crippen LogP contribution in [0.1, 0.15) is 41.4 Å². The van der Waals surface area contributed by atoms with E-state index in [9.17, 15) is 22.0 Å². The molecule has 1 fully saturated rings. The minimum atomic E-state index is -4.01. The molecule has 2 aliphatic rings. The molecule has 0 saturated carbocycles. The van der Waals surface area contributed by atoms with Crippen molar-refractivity contribution in [2.24, 2.45) is 0 Å². The number of benzene rings is 2. The molecule has 1 unspecified atom stereocenters. The van der Waals surface area contributed by atoms with Gasteiger partial charge in [-0.2, -0.15) is 0 Å². The van der Waals surface area contributed by atoms with Crippen LogP contribution in [0.4, 0.5) is 14.5 Å². The lowest BCUT2D eigenvalue weighted by atomic mass is 9.71. The molecule has 37 heavy (non-hydrogen) atoms. The summed E-state index contributed by atoms with van der Waals surface area (Å²) in [6.07, 6.45) is 2.18. The maximum absolute atomic E-state index is 13.7. The number of amides is 1. The molecule has 1 amide bonds. The van der Waals surface area contributed by atoms with Crippen molar-refractivity contribution in [3.05, 3.63) is 88.2 Å². The average molecular weight is 548 g/mol. The van der Waals surface area contributed by atoms with E-state index in [2.05, 4.69) is 10.3 Å². The fourth-order valence-electron chi connectivity index (χ4n) is 5.25. The third-order valence-corrected chi connectivity index (χ3v) is 9.47. The minimum absolute atomic E-state index is 0.00448. The van der Waals surface area contributed by atoms with Crippen LogP contribution in [-0.4, -0.2) is 38.6 Å². The molecular weight excluding hydrogens is 524 g/mol. The molecule has 194 valence electrons. The van der Waals surface area contributed by atoms with Crippen LogP contribution < -0.4 is 9.62 Å². The molecule has 1 N–H and O–H groups in total. The summed E-state index contributed by atoms with van der Waals surface area (Å²) in [5, 5.41) is 2.84. The van der Waals surface area contributed by atoms with E-state index in [-0.39, 0.29) is 16.5 Å². The van der Waals surface area contributed by atoms with Gasteiger partial charge in [-0.3, -0.25) is 14.1 Å². The second kappa shape index (κ2) is 9.66. The standard InChI is InChI=1S/C26H24ClF2N3O4S/c1-16-26(8-10-36-11-9-26)21-12-17(25(33)31-15-23-22(27)13-19(29)14-30-23)2-7-24(21)32(16)37(34,35)20-5-3-18(28)4-6-20/h2-7,12-14,16H,8-11,15H2,1H3,(H,31,33). The average Bonchev–Trinajstić information content (AvgIpc) is 3.11. The predicted molar refractivity (Wildman–Crippen MR) is 134 cm³/mol. The molecular formula is C26H24ClF2N3O4S. The summed E-state index contributed by atoms with van der Waals surface area (Å²) in [7, 11) is -4.01. The fourth-order valence-corrected chi connectivity index (χ4v) is 7.21. The number of ether oxygens (including phenoxy) is 1. The van der Waals surface area contributed by atoms with E-state index in [1.54, 1.807) is 18.2 Å². The first kappa shape index (κ1) is 25.6. The number of fused-ring (bicyclic) bond motifs is 2. The SMILES string of the molecule is CC1N(S(=O)(=O)c2ccc(F)cc2)c2ccc(C(=O)NCc3ncc(F)cc3Cl)cc2C12CCOCC2. The van der Waals surface area contributed by atoms with Gasteiger partial charge in [0.1, 0.15) is 11.6 Å². The first-order valence-electron chi connectivity index (χ1n) is 11.7. The second-order valence-electron chi connectivity index (χ2n) is 9.20. The van der Waals surface area contributed by atoms with E-state index >= 15 is 0 Å². The van der Waals surface area contributed by atoms with Crippen molar-refractivity contribution in [2.75, 3.05) is 17.5 Å². The van der Waals surface area contributed by atoms with E-state index in [1.807, 2.05) is 6.92 Å². The maximum atomic E-state index is 13.7. The fraction of sp³-hybridized carbons (Fsp3) is 0.308. The Bertz CT molecular complexity index is 1460. The number of hydrogen-bond donors (Lipinski definition) is 1. The van der Waals surface area contributed by atoms with E-state index in [4.69, 9.17) is 16.3 Å². The van der Waals surface area contributed by atoms with Gasteiger partial charge in [0, 0.05) is 24.2 Å². The molecule has 1 saturated heterocycles. The molecule has 1 atom stereocenters. The smallest absolute Gasteiger partial charge is 0.264 e. The highest BCUT2D eigenvalue weighted by atomic mass is 35.5. The predicted octanol–water partition coefficient (Wildman–Crippen LogP) is 4.59. The molecule has 2 aliphatic heterocycles.